The highest BCUT2D eigenvalue weighted by Gasteiger charge is 2.18. The smallest absolute Gasteiger partial charge is 0.257 e. The maximum Gasteiger partial charge on any atom is 0.257 e. The molecule has 0 saturated carbocycles. The molecular weight excluding hydrogens is 222 g/mol. The quantitative estimate of drug-likeness (QED) is 0.758. The molecule has 5 heteroatoms. The lowest BCUT2D eigenvalue weighted by Gasteiger charge is -2.21. The van der Waals surface area contributed by atoms with Crippen molar-refractivity contribution in [2.45, 2.75) is 6.92 Å². The normalized spacial score (nSPS) is 10.2. The van der Waals surface area contributed by atoms with Crippen LogP contribution in [0.4, 0.5) is 0 Å². The topological polar surface area (TPSA) is 70.0 Å². The van der Waals surface area contributed by atoms with Crippen LogP contribution in [0.1, 0.15) is 17.3 Å². The largest absolute Gasteiger partial charge is 0.504 e. The molecular formula is C12H17NO4. The molecule has 0 aliphatic rings. The molecule has 0 fully saturated rings. The number of nitrogens with zero attached hydrogens (tertiary/aromatic N) is 1. The van der Waals surface area contributed by atoms with Gasteiger partial charge in [-0.2, -0.15) is 0 Å². The second-order valence-corrected chi connectivity index (χ2v) is 3.55. The van der Waals surface area contributed by atoms with E-state index in [1.807, 2.05) is 6.92 Å². The van der Waals surface area contributed by atoms with Crippen molar-refractivity contribution in [1.29, 1.82) is 0 Å². The number of rotatable bonds is 5. The van der Waals surface area contributed by atoms with Crippen molar-refractivity contribution in [3.05, 3.63) is 23.8 Å². The molecule has 0 aliphatic heterocycles. The van der Waals surface area contributed by atoms with Gasteiger partial charge in [0.1, 0.15) is 0 Å². The molecule has 94 valence electrons. The Balaban J connectivity index is 2.90. The minimum atomic E-state index is -0.381. The Morgan fingerprint density at radius 3 is 2.71 bits per heavy atom. The molecule has 0 bridgehead atoms. The molecule has 0 unspecified atom stereocenters. The molecule has 5 nitrogen and oxygen atoms in total. The average Bonchev–Trinajstić information content (AvgIpc) is 2.33. The Morgan fingerprint density at radius 2 is 2.12 bits per heavy atom. The number of hydrogen-bond donors (Lipinski definition) is 2. The van der Waals surface area contributed by atoms with Crippen LogP contribution in [0.25, 0.3) is 0 Å². The molecule has 0 heterocycles. The van der Waals surface area contributed by atoms with Crippen LogP contribution in [0.15, 0.2) is 18.2 Å². The monoisotopic (exact) mass is 239 g/mol. The van der Waals surface area contributed by atoms with Gasteiger partial charge in [0.25, 0.3) is 5.91 Å². The maximum absolute atomic E-state index is 12.1. The zero-order valence-corrected chi connectivity index (χ0v) is 10.0. The Labute approximate surface area is 100 Å². The summed E-state index contributed by atoms with van der Waals surface area (Å²) in [4.78, 5) is 13.6. The van der Waals surface area contributed by atoms with E-state index in [2.05, 4.69) is 0 Å². The van der Waals surface area contributed by atoms with Gasteiger partial charge >= 0.3 is 0 Å². The molecule has 2 N–H and O–H groups in total. The first-order valence-electron chi connectivity index (χ1n) is 5.41. The van der Waals surface area contributed by atoms with Gasteiger partial charge in [-0.1, -0.05) is 6.07 Å². The zero-order valence-electron chi connectivity index (χ0n) is 10.0. The van der Waals surface area contributed by atoms with E-state index in [-0.39, 0.29) is 23.0 Å². The molecule has 0 aromatic heterocycles. The van der Waals surface area contributed by atoms with E-state index in [4.69, 9.17) is 4.74 Å². The molecule has 0 aliphatic carbocycles. The Morgan fingerprint density at radius 1 is 1.41 bits per heavy atom. The second kappa shape index (κ2) is 6.10. The molecule has 0 atom stereocenters. The standard InChI is InChI=1S/C12H17NO4/c1-3-13(7-8-17-2)12(16)9-5-4-6-10(14)11(9)15/h4-6,14-15H,3,7-8H2,1-2H3. The third kappa shape index (κ3) is 3.10. The molecule has 1 rings (SSSR count). The van der Waals surface area contributed by atoms with Crippen molar-refractivity contribution in [2.75, 3.05) is 26.8 Å². The Kier molecular flexibility index (Phi) is 4.78. The number of hydrogen-bond acceptors (Lipinski definition) is 4. The van der Waals surface area contributed by atoms with E-state index >= 15 is 0 Å². The van der Waals surface area contributed by atoms with E-state index in [0.29, 0.717) is 19.7 Å². The van der Waals surface area contributed by atoms with Gasteiger partial charge in [-0.3, -0.25) is 4.79 Å². The van der Waals surface area contributed by atoms with Gasteiger partial charge in [-0.25, -0.2) is 0 Å². The minimum absolute atomic E-state index is 0.1000. The molecule has 1 amide bonds. The average molecular weight is 239 g/mol. The molecule has 1 aromatic carbocycles. The van der Waals surface area contributed by atoms with Crippen LogP contribution >= 0.6 is 0 Å². The highest BCUT2D eigenvalue weighted by Crippen LogP contribution is 2.28. The van der Waals surface area contributed by atoms with E-state index in [1.54, 1.807) is 7.11 Å². The second-order valence-electron chi connectivity index (χ2n) is 3.55. The van der Waals surface area contributed by atoms with E-state index < -0.39 is 0 Å². The van der Waals surface area contributed by atoms with Crippen LogP contribution in [0.3, 0.4) is 0 Å². The summed E-state index contributed by atoms with van der Waals surface area (Å²) in [5.74, 6) is -0.995. The molecule has 0 saturated heterocycles. The van der Waals surface area contributed by atoms with Crippen LogP contribution in [-0.4, -0.2) is 47.8 Å². The zero-order chi connectivity index (χ0) is 12.8. The van der Waals surface area contributed by atoms with Crippen molar-refractivity contribution in [3.63, 3.8) is 0 Å². The van der Waals surface area contributed by atoms with Gasteiger partial charge in [0.05, 0.1) is 12.2 Å². The first-order valence-corrected chi connectivity index (χ1v) is 5.41. The SMILES string of the molecule is CCN(CCOC)C(=O)c1cccc(O)c1O. The lowest BCUT2D eigenvalue weighted by atomic mass is 10.1. The van der Waals surface area contributed by atoms with Crippen LogP contribution in [-0.2, 0) is 4.74 Å². The number of phenolic OH excluding ortho intramolecular Hbond substituents is 2. The summed E-state index contributed by atoms with van der Waals surface area (Å²) in [5, 5.41) is 18.9. The van der Waals surface area contributed by atoms with Crippen LogP contribution in [0.2, 0.25) is 0 Å². The first kappa shape index (κ1) is 13.3. The highest BCUT2D eigenvalue weighted by atomic mass is 16.5. The van der Waals surface area contributed by atoms with Gasteiger partial charge in [0, 0.05) is 20.2 Å². The fraction of sp³-hybridized carbons (Fsp3) is 0.417. The van der Waals surface area contributed by atoms with Gasteiger partial charge in [-0.05, 0) is 19.1 Å². The summed E-state index contributed by atoms with van der Waals surface area (Å²) < 4.78 is 4.91. The molecule has 0 spiro atoms. The Hall–Kier alpha value is -1.75. The highest BCUT2D eigenvalue weighted by molar-refractivity contribution is 5.97. The Bertz CT molecular complexity index is 392. The number of benzene rings is 1. The molecule has 1 aromatic rings. The van der Waals surface area contributed by atoms with Crippen LogP contribution in [0.5, 0.6) is 11.5 Å². The van der Waals surface area contributed by atoms with Crippen LogP contribution in [0, 0.1) is 0 Å². The van der Waals surface area contributed by atoms with E-state index in [1.165, 1.54) is 23.1 Å². The van der Waals surface area contributed by atoms with Gasteiger partial charge in [0.15, 0.2) is 11.5 Å². The fourth-order valence-electron chi connectivity index (χ4n) is 1.48. The first-order chi connectivity index (χ1) is 8.11. The predicted octanol–water partition coefficient (Wildman–Crippen LogP) is 1.21. The van der Waals surface area contributed by atoms with E-state index in [0.717, 1.165) is 0 Å². The number of likely N-dealkylation sites (N-methyl/N-ethyl adjacent to an activating group) is 1. The van der Waals surface area contributed by atoms with Crippen LogP contribution < -0.4 is 0 Å². The summed E-state index contributed by atoms with van der Waals surface area (Å²) in [6.45, 7) is 3.23. The lowest BCUT2D eigenvalue weighted by molar-refractivity contribution is 0.0703. The number of amides is 1. The predicted molar refractivity (Wildman–Crippen MR) is 63.2 cm³/mol. The minimum Gasteiger partial charge on any atom is -0.504 e. The number of ether oxygens (including phenoxy) is 1. The number of para-hydroxylation sites is 1. The van der Waals surface area contributed by atoms with Gasteiger partial charge in [0.2, 0.25) is 0 Å². The third-order valence-corrected chi connectivity index (χ3v) is 2.48. The number of methoxy groups -OCH3 is 1. The molecule has 0 radical (unpaired) electrons. The van der Waals surface area contributed by atoms with Crippen molar-refractivity contribution >= 4 is 5.91 Å². The maximum atomic E-state index is 12.1. The van der Waals surface area contributed by atoms with Crippen molar-refractivity contribution in [2.24, 2.45) is 0 Å². The molecule has 17 heavy (non-hydrogen) atoms. The summed E-state index contributed by atoms with van der Waals surface area (Å²) in [6.07, 6.45) is 0. The number of aromatic hydroxyl groups is 2. The summed E-state index contributed by atoms with van der Waals surface area (Å²) in [7, 11) is 1.56. The van der Waals surface area contributed by atoms with Gasteiger partial charge in [-0.15, -0.1) is 0 Å². The third-order valence-electron chi connectivity index (χ3n) is 2.48. The summed E-state index contributed by atoms with van der Waals surface area (Å²) in [6, 6.07) is 4.33. The summed E-state index contributed by atoms with van der Waals surface area (Å²) >= 11 is 0. The fourth-order valence-corrected chi connectivity index (χ4v) is 1.48. The van der Waals surface area contributed by atoms with Crippen molar-refractivity contribution in [3.8, 4) is 11.5 Å². The van der Waals surface area contributed by atoms with E-state index in [9.17, 15) is 15.0 Å². The van der Waals surface area contributed by atoms with Gasteiger partial charge < -0.3 is 19.8 Å². The number of carbonyl (C=O) groups is 1. The lowest BCUT2D eigenvalue weighted by Crippen LogP contribution is -2.33. The van der Waals surface area contributed by atoms with Crippen molar-refractivity contribution in [1.82, 2.24) is 4.90 Å². The number of phenols is 2. The summed E-state index contributed by atoms with van der Waals surface area (Å²) in [5.41, 5.74) is 0.1000. The number of carbonyl (C=O) groups excluding carboxylic acids is 1. The van der Waals surface area contributed by atoms with Crippen molar-refractivity contribution < 1.29 is 19.7 Å².